The molecule has 0 N–H and O–H groups in total. The molecule has 3 nitrogen and oxygen atoms in total. The highest BCUT2D eigenvalue weighted by Crippen LogP contribution is 2.47. The average molecular weight is 248 g/mol. The lowest BCUT2D eigenvalue weighted by molar-refractivity contribution is 0.0731. The van der Waals surface area contributed by atoms with Crippen LogP contribution in [0.25, 0.3) is 0 Å². The van der Waals surface area contributed by atoms with Gasteiger partial charge in [-0.15, -0.1) is 10.9 Å². The number of ether oxygens (including phenoxy) is 2. The molecule has 0 aromatic rings. The van der Waals surface area contributed by atoms with Crippen LogP contribution in [0.5, 0.6) is 0 Å². The molecule has 1 heterocycles. The van der Waals surface area contributed by atoms with Crippen molar-refractivity contribution >= 4 is 16.2 Å². The Morgan fingerprint density at radius 3 is 2.25 bits per heavy atom. The van der Waals surface area contributed by atoms with Gasteiger partial charge in [-0.3, -0.25) is 0 Å². The van der Waals surface area contributed by atoms with E-state index in [-0.39, 0.29) is 10.7 Å². The van der Waals surface area contributed by atoms with Gasteiger partial charge < -0.3 is 9.47 Å². The molecule has 2 unspecified atom stereocenters. The van der Waals surface area contributed by atoms with Crippen molar-refractivity contribution < 1.29 is 14.3 Å². The van der Waals surface area contributed by atoms with E-state index in [1.807, 2.05) is 20.8 Å². The molecule has 0 aliphatic carbocycles. The predicted molar refractivity (Wildman–Crippen MR) is 69.3 cm³/mol. The van der Waals surface area contributed by atoms with Gasteiger partial charge in [0.2, 0.25) is 0 Å². The summed E-state index contributed by atoms with van der Waals surface area (Å²) < 4.78 is 10.9. The molecule has 1 rings (SSSR count). The van der Waals surface area contributed by atoms with Crippen molar-refractivity contribution in [2.75, 3.05) is 12.5 Å². The fourth-order valence-corrected chi connectivity index (χ4v) is 4.11. The Kier molecular flexibility index (Phi) is 3.95. The summed E-state index contributed by atoms with van der Waals surface area (Å²) in [5, 5.41) is 0.261. The van der Waals surface area contributed by atoms with E-state index in [2.05, 4.69) is 20.8 Å². The van der Waals surface area contributed by atoms with E-state index < -0.39 is 16.5 Å². The van der Waals surface area contributed by atoms with Crippen molar-refractivity contribution in [2.24, 2.45) is 5.41 Å². The monoisotopic (exact) mass is 248 g/mol. The summed E-state index contributed by atoms with van der Waals surface area (Å²) in [7, 11) is -0.805. The van der Waals surface area contributed by atoms with Crippen LogP contribution in [0, 0.1) is 5.41 Å². The topological polar surface area (TPSA) is 35.5 Å². The fraction of sp³-hybridized carbons (Fsp3) is 0.917. The second-order valence-electron chi connectivity index (χ2n) is 6.33. The molecule has 16 heavy (non-hydrogen) atoms. The highest BCUT2D eigenvalue weighted by Gasteiger charge is 2.40. The molecule has 0 bridgehead atoms. The number of rotatable bonds is 0. The minimum atomic E-state index is -0.805. The highest BCUT2D eigenvalue weighted by atomic mass is 32.2. The van der Waals surface area contributed by atoms with Crippen molar-refractivity contribution in [3.8, 4) is 0 Å². The second kappa shape index (κ2) is 4.57. The molecule has 1 aliphatic heterocycles. The van der Waals surface area contributed by atoms with Gasteiger partial charge in [-0.25, -0.2) is 4.79 Å². The van der Waals surface area contributed by atoms with Gasteiger partial charge >= 0.3 is 5.30 Å². The van der Waals surface area contributed by atoms with Crippen molar-refractivity contribution in [1.82, 2.24) is 0 Å². The molecule has 1 aliphatic rings. The SMILES string of the molecule is CC(C)(C)OC(=O)[SH]1COCC1C(C)(C)C. The van der Waals surface area contributed by atoms with Gasteiger partial charge in [0.1, 0.15) is 5.60 Å². The maximum atomic E-state index is 12.0. The largest absolute Gasteiger partial charge is 0.453 e. The second-order valence-corrected chi connectivity index (χ2v) is 8.52. The number of hydrogen-bond donors (Lipinski definition) is 1. The Bertz CT molecular complexity index is 262. The molecule has 0 spiro atoms. The number of hydrogen-bond acceptors (Lipinski definition) is 3. The smallest absolute Gasteiger partial charge is 0.349 e. The third kappa shape index (κ3) is 3.67. The molecule has 4 heteroatoms. The Balaban J connectivity index is 2.69. The van der Waals surface area contributed by atoms with Crippen LogP contribution in [0.2, 0.25) is 0 Å². The number of thiol groups is 1. The van der Waals surface area contributed by atoms with E-state index in [1.165, 1.54) is 0 Å². The summed E-state index contributed by atoms with van der Waals surface area (Å²) in [4.78, 5) is 12.0. The van der Waals surface area contributed by atoms with Crippen LogP contribution in [0.1, 0.15) is 41.5 Å². The number of carbonyl (C=O) groups is 1. The molecule has 0 aromatic carbocycles. The van der Waals surface area contributed by atoms with E-state index in [4.69, 9.17) is 9.47 Å². The first kappa shape index (κ1) is 13.8. The highest BCUT2D eigenvalue weighted by molar-refractivity contribution is 8.30. The summed E-state index contributed by atoms with van der Waals surface area (Å²) in [6.07, 6.45) is 0. The van der Waals surface area contributed by atoms with Crippen molar-refractivity contribution in [3.05, 3.63) is 0 Å². The van der Waals surface area contributed by atoms with Crippen LogP contribution in [0.3, 0.4) is 0 Å². The Labute approximate surface area is 101 Å². The molecule has 0 aromatic heterocycles. The summed E-state index contributed by atoms with van der Waals surface area (Å²) in [6.45, 7) is 12.9. The third-order valence-electron chi connectivity index (χ3n) is 2.51. The van der Waals surface area contributed by atoms with E-state index in [9.17, 15) is 4.79 Å². The summed E-state index contributed by atoms with van der Waals surface area (Å²) in [6, 6.07) is 0. The van der Waals surface area contributed by atoms with E-state index in [0.717, 1.165) is 0 Å². The van der Waals surface area contributed by atoms with E-state index in [0.29, 0.717) is 17.8 Å². The van der Waals surface area contributed by atoms with Crippen molar-refractivity contribution in [2.45, 2.75) is 52.4 Å². The molecule has 1 saturated heterocycles. The quantitative estimate of drug-likeness (QED) is 0.527. The zero-order valence-corrected chi connectivity index (χ0v) is 12.1. The normalized spacial score (nSPS) is 29.1. The van der Waals surface area contributed by atoms with Crippen LogP contribution >= 0.6 is 10.9 Å². The van der Waals surface area contributed by atoms with E-state index in [1.54, 1.807) is 0 Å². The fourth-order valence-electron chi connectivity index (χ4n) is 1.66. The van der Waals surface area contributed by atoms with Gasteiger partial charge in [-0.05, 0) is 26.2 Å². The molecule has 0 radical (unpaired) electrons. The van der Waals surface area contributed by atoms with Gasteiger partial charge in [-0.2, -0.15) is 0 Å². The molecule has 2 atom stereocenters. The van der Waals surface area contributed by atoms with Gasteiger partial charge in [0.05, 0.1) is 12.5 Å². The Hall–Kier alpha value is -0.220. The maximum Gasteiger partial charge on any atom is 0.349 e. The minimum Gasteiger partial charge on any atom is -0.453 e. The first-order valence-electron chi connectivity index (χ1n) is 5.68. The Morgan fingerprint density at radius 1 is 1.25 bits per heavy atom. The Morgan fingerprint density at radius 2 is 1.81 bits per heavy atom. The van der Waals surface area contributed by atoms with Crippen LogP contribution in [-0.4, -0.2) is 28.7 Å². The minimum absolute atomic E-state index is 0.0556. The number of carbonyl (C=O) groups excluding carboxylic acids is 1. The molecular weight excluding hydrogens is 224 g/mol. The maximum absolute atomic E-state index is 12.0. The van der Waals surface area contributed by atoms with Gasteiger partial charge in [-0.1, -0.05) is 20.8 Å². The van der Waals surface area contributed by atoms with Crippen LogP contribution in [-0.2, 0) is 9.47 Å². The lowest BCUT2D eigenvalue weighted by atomic mass is 9.92. The molecule has 0 saturated carbocycles. The summed E-state index contributed by atoms with van der Waals surface area (Å²) >= 11 is 0. The summed E-state index contributed by atoms with van der Waals surface area (Å²) in [5.41, 5.74) is -0.288. The average Bonchev–Trinajstić information content (AvgIpc) is 2.45. The first-order chi connectivity index (χ1) is 7.11. The van der Waals surface area contributed by atoms with Crippen LogP contribution in [0.4, 0.5) is 4.79 Å². The van der Waals surface area contributed by atoms with Crippen LogP contribution < -0.4 is 0 Å². The lowest BCUT2D eigenvalue weighted by Crippen LogP contribution is -2.31. The summed E-state index contributed by atoms with van der Waals surface area (Å²) in [5.74, 6) is 0.562. The van der Waals surface area contributed by atoms with Crippen molar-refractivity contribution in [3.63, 3.8) is 0 Å². The predicted octanol–water partition coefficient (Wildman–Crippen LogP) is 3.33. The van der Waals surface area contributed by atoms with Gasteiger partial charge in [0.15, 0.2) is 0 Å². The van der Waals surface area contributed by atoms with Crippen LogP contribution in [0.15, 0.2) is 0 Å². The zero-order chi connectivity index (χ0) is 12.6. The van der Waals surface area contributed by atoms with Crippen molar-refractivity contribution in [1.29, 1.82) is 0 Å². The first-order valence-corrected chi connectivity index (χ1v) is 7.28. The van der Waals surface area contributed by atoms with Gasteiger partial charge in [0.25, 0.3) is 0 Å². The lowest BCUT2D eigenvalue weighted by Gasteiger charge is -2.33. The van der Waals surface area contributed by atoms with E-state index >= 15 is 0 Å². The molecular formula is C12H24O3S. The molecule has 0 amide bonds. The zero-order valence-electron chi connectivity index (χ0n) is 11.2. The van der Waals surface area contributed by atoms with Gasteiger partial charge in [0, 0.05) is 5.25 Å². The standard InChI is InChI=1S/C12H24O3S/c1-11(2,3)9-7-14-8-16(9)10(13)15-12(4,5)6/h9,16H,7-8H2,1-6H3. The third-order valence-corrected chi connectivity index (χ3v) is 5.21. The molecule has 1 fully saturated rings. The molecule has 96 valence electrons.